The van der Waals surface area contributed by atoms with Crippen LogP contribution < -0.4 is 11.1 Å². The summed E-state index contributed by atoms with van der Waals surface area (Å²) in [5.41, 5.74) is 9.70. The van der Waals surface area contributed by atoms with Crippen LogP contribution >= 0.6 is 11.3 Å². The Morgan fingerprint density at radius 2 is 2.10 bits per heavy atom. The van der Waals surface area contributed by atoms with Crippen molar-refractivity contribution in [2.24, 2.45) is 0 Å². The number of aromatic amines is 1. The molecule has 0 radical (unpaired) electrons. The number of aromatic nitrogens is 6. The van der Waals surface area contributed by atoms with E-state index in [0.29, 0.717) is 28.0 Å². The Labute approximate surface area is 175 Å². The van der Waals surface area contributed by atoms with E-state index in [-0.39, 0.29) is 11.9 Å². The van der Waals surface area contributed by atoms with Gasteiger partial charge in [0, 0.05) is 34.1 Å². The van der Waals surface area contributed by atoms with Gasteiger partial charge in [-0.3, -0.25) is 10.1 Å². The van der Waals surface area contributed by atoms with E-state index in [4.69, 9.17) is 10.8 Å². The van der Waals surface area contributed by atoms with Crippen molar-refractivity contribution in [3.8, 4) is 11.3 Å². The van der Waals surface area contributed by atoms with E-state index in [1.165, 1.54) is 17.7 Å². The molecule has 4 heterocycles. The van der Waals surface area contributed by atoms with Crippen LogP contribution in [0.4, 0.5) is 10.9 Å². The van der Waals surface area contributed by atoms with Crippen LogP contribution in [0.15, 0.2) is 42.2 Å². The van der Waals surface area contributed by atoms with Gasteiger partial charge in [0.2, 0.25) is 0 Å². The molecule has 150 valence electrons. The number of H-pyrrole nitrogens is 1. The molecule has 1 amide bonds. The lowest BCUT2D eigenvalue weighted by atomic mass is 10.1. The molecule has 4 N–H and O–H groups in total. The number of carbonyl (C=O) groups excluding carboxylic acids is 1. The number of nitrogen functional groups attached to an aromatic ring is 1. The Bertz CT molecular complexity index is 1380. The number of thiazole rings is 1. The molecule has 5 aromatic rings. The number of nitrogens with zero attached hydrogens (tertiary/aromatic N) is 5. The van der Waals surface area contributed by atoms with Gasteiger partial charge in [-0.1, -0.05) is 12.1 Å². The van der Waals surface area contributed by atoms with Crippen LogP contribution in [0.2, 0.25) is 0 Å². The maximum Gasteiger partial charge on any atom is 0.273 e. The average Bonchev–Trinajstić information content (AvgIpc) is 3.45. The Hall–Kier alpha value is -3.79. The molecule has 0 spiro atoms. The van der Waals surface area contributed by atoms with E-state index in [9.17, 15) is 4.79 Å². The number of carbonyl (C=O) groups is 1. The van der Waals surface area contributed by atoms with Gasteiger partial charge in [-0.25, -0.2) is 19.6 Å². The van der Waals surface area contributed by atoms with E-state index >= 15 is 0 Å². The van der Waals surface area contributed by atoms with Crippen molar-refractivity contribution >= 4 is 50.1 Å². The lowest BCUT2D eigenvalue weighted by Gasteiger charge is -2.05. The van der Waals surface area contributed by atoms with Gasteiger partial charge in [0.25, 0.3) is 5.91 Å². The van der Waals surface area contributed by atoms with Crippen molar-refractivity contribution in [1.29, 1.82) is 0 Å². The predicted octanol–water partition coefficient (Wildman–Crippen LogP) is 3.85. The van der Waals surface area contributed by atoms with Crippen LogP contribution in [0.3, 0.4) is 0 Å². The number of nitrogens with two attached hydrogens (primary N) is 1. The third-order valence-corrected chi connectivity index (χ3v) is 5.49. The number of fused-ring (bicyclic) bond motifs is 2. The molecule has 0 fully saturated rings. The van der Waals surface area contributed by atoms with Crippen LogP contribution in [0, 0.1) is 0 Å². The molecule has 9 nitrogen and oxygen atoms in total. The molecule has 0 aliphatic heterocycles. The molecule has 5 rings (SSSR count). The van der Waals surface area contributed by atoms with E-state index in [1.54, 1.807) is 6.20 Å². The molecule has 0 saturated heterocycles. The van der Waals surface area contributed by atoms with Gasteiger partial charge in [-0.2, -0.15) is 5.10 Å². The maximum absolute atomic E-state index is 12.5. The summed E-state index contributed by atoms with van der Waals surface area (Å²) in [5.74, 6) is 0.145. The monoisotopic (exact) mass is 418 g/mol. The molecule has 30 heavy (non-hydrogen) atoms. The molecule has 0 bridgehead atoms. The average molecular weight is 418 g/mol. The van der Waals surface area contributed by atoms with Gasteiger partial charge in [-0.15, -0.1) is 11.3 Å². The molecule has 0 unspecified atom stereocenters. The fourth-order valence-corrected chi connectivity index (χ4v) is 3.93. The second-order valence-corrected chi connectivity index (χ2v) is 8.02. The summed E-state index contributed by atoms with van der Waals surface area (Å²) < 4.78 is 1.84. The van der Waals surface area contributed by atoms with Crippen LogP contribution in [0.5, 0.6) is 0 Å². The number of benzene rings is 1. The second-order valence-electron chi connectivity index (χ2n) is 7.12. The normalized spacial score (nSPS) is 11.6. The minimum absolute atomic E-state index is 0.117. The molecule has 0 saturated carbocycles. The standard InChI is InChI=1S/C20H18N8OS/c1-10(2)28-18-15(17(21)23-9-24-18)16(27-28)12-4-3-11-7-14(25-13(11)8-12)19(29)26-20-22-5-6-30-20/h3-10,25H,1-2H3,(H2,21,23,24)(H,22,26,29). The summed E-state index contributed by atoms with van der Waals surface area (Å²) in [6.07, 6.45) is 3.09. The topological polar surface area (TPSA) is 127 Å². The van der Waals surface area contributed by atoms with Crippen molar-refractivity contribution in [2.45, 2.75) is 19.9 Å². The lowest BCUT2D eigenvalue weighted by molar-refractivity contribution is 0.102. The molecule has 10 heteroatoms. The first-order chi connectivity index (χ1) is 14.5. The van der Waals surface area contributed by atoms with Gasteiger partial charge in [0.1, 0.15) is 23.5 Å². The summed E-state index contributed by atoms with van der Waals surface area (Å²) in [6, 6.07) is 7.78. The van der Waals surface area contributed by atoms with E-state index in [2.05, 4.69) is 25.3 Å². The van der Waals surface area contributed by atoms with Crippen LogP contribution in [0.25, 0.3) is 33.2 Å². The third-order valence-electron chi connectivity index (χ3n) is 4.80. The van der Waals surface area contributed by atoms with Crippen molar-refractivity contribution in [1.82, 2.24) is 29.7 Å². The lowest BCUT2D eigenvalue weighted by Crippen LogP contribution is -2.11. The van der Waals surface area contributed by atoms with Gasteiger partial charge in [0.05, 0.1) is 5.39 Å². The van der Waals surface area contributed by atoms with Gasteiger partial charge in [0.15, 0.2) is 10.8 Å². The number of rotatable bonds is 4. The van der Waals surface area contributed by atoms with Crippen molar-refractivity contribution in [2.75, 3.05) is 11.1 Å². The molecule has 0 atom stereocenters. The zero-order chi connectivity index (χ0) is 20.8. The summed E-state index contributed by atoms with van der Waals surface area (Å²) >= 11 is 1.37. The van der Waals surface area contributed by atoms with E-state index < -0.39 is 0 Å². The van der Waals surface area contributed by atoms with Crippen LogP contribution in [0.1, 0.15) is 30.4 Å². The van der Waals surface area contributed by atoms with Crippen LogP contribution in [-0.2, 0) is 0 Å². The van der Waals surface area contributed by atoms with Gasteiger partial charge >= 0.3 is 0 Å². The number of amides is 1. The molecule has 0 aliphatic carbocycles. The molecular weight excluding hydrogens is 400 g/mol. The summed E-state index contributed by atoms with van der Waals surface area (Å²) in [6.45, 7) is 4.08. The SMILES string of the molecule is CC(C)n1nc(-c2ccc3cc(C(=O)Nc4nccs4)[nH]c3c2)c2c(N)ncnc21. The first kappa shape index (κ1) is 18.3. The summed E-state index contributed by atoms with van der Waals surface area (Å²) in [7, 11) is 0. The summed E-state index contributed by atoms with van der Waals surface area (Å²) in [4.78, 5) is 28.3. The molecular formula is C20H18N8OS. The second kappa shape index (κ2) is 6.92. The first-order valence-electron chi connectivity index (χ1n) is 9.34. The number of hydrogen-bond acceptors (Lipinski definition) is 7. The molecule has 4 aromatic heterocycles. The third kappa shape index (κ3) is 2.98. The maximum atomic E-state index is 12.5. The van der Waals surface area contributed by atoms with Crippen molar-refractivity contribution in [3.05, 3.63) is 47.9 Å². The molecule has 1 aromatic carbocycles. The van der Waals surface area contributed by atoms with Gasteiger partial charge in [-0.05, 0) is 26.0 Å². The largest absolute Gasteiger partial charge is 0.383 e. The summed E-state index contributed by atoms with van der Waals surface area (Å²) in [5, 5.41) is 11.5. The first-order valence-corrected chi connectivity index (χ1v) is 10.2. The Morgan fingerprint density at radius 3 is 2.87 bits per heavy atom. The molecule has 0 aliphatic rings. The van der Waals surface area contributed by atoms with E-state index in [1.807, 2.05) is 48.2 Å². The Kier molecular flexibility index (Phi) is 4.21. The smallest absolute Gasteiger partial charge is 0.273 e. The predicted molar refractivity (Wildman–Crippen MR) is 117 cm³/mol. The van der Waals surface area contributed by atoms with Gasteiger partial charge < -0.3 is 10.7 Å². The zero-order valence-electron chi connectivity index (χ0n) is 16.2. The van der Waals surface area contributed by atoms with Crippen molar-refractivity contribution < 1.29 is 4.79 Å². The fourth-order valence-electron chi connectivity index (χ4n) is 3.40. The highest BCUT2D eigenvalue weighted by Crippen LogP contribution is 2.33. The van der Waals surface area contributed by atoms with Crippen molar-refractivity contribution in [3.63, 3.8) is 0 Å². The number of anilines is 2. The minimum Gasteiger partial charge on any atom is -0.383 e. The number of hydrogen-bond donors (Lipinski definition) is 3. The Balaban J connectivity index is 1.58. The zero-order valence-corrected chi connectivity index (χ0v) is 17.1. The highest BCUT2D eigenvalue weighted by atomic mass is 32.1. The minimum atomic E-state index is -0.241. The fraction of sp³-hybridized carbons (Fsp3) is 0.150. The highest BCUT2D eigenvalue weighted by Gasteiger charge is 2.19. The van der Waals surface area contributed by atoms with E-state index in [0.717, 1.165) is 21.9 Å². The quantitative estimate of drug-likeness (QED) is 0.407. The van der Waals surface area contributed by atoms with Crippen LogP contribution in [-0.4, -0.2) is 35.6 Å². The Morgan fingerprint density at radius 1 is 1.23 bits per heavy atom. The highest BCUT2D eigenvalue weighted by molar-refractivity contribution is 7.13. The number of nitrogens with one attached hydrogen (secondary N) is 2.